The van der Waals surface area contributed by atoms with E-state index in [9.17, 15) is 9.59 Å². The summed E-state index contributed by atoms with van der Waals surface area (Å²) in [6, 6.07) is 19.0. The smallest absolute Gasteiger partial charge is 0.308 e. The van der Waals surface area contributed by atoms with Gasteiger partial charge in [0.25, 0.3) is 0 Å². The molecule has 3 amide bonds. The maximum Gasteiger partial charge on any atom is 0.323 e. The maximum atomic E-state index is 12.1. The molecule has 1 heterocycles. The minimum Gasteiger partial charge on any atom is -0.308 e. The summed E-state index contributed by atoms with van der Waals surface area (Å²) in [5, 5.41) is 8.63. The largest absolute Gasteiger partial charge is 0.323 e. The third-order valence-electron chi connectivity index (χ3n) is 3.71. The molecule has 7 heteroatoms. The van der Waals surface area contributed by atoms with E-state index >= 15 is 0 Å². The van der Waals surface area contributed by atoms with Crippen molar-refractivity contribution in [2.24, 2.45) is 0 Å². The minimum atomic E-state index is -0.373. The third kappa shape index (κ3) is 5.18. The Morgan fingerprint density at radius 3 is 2.32 bits per heavy atom. The fourth-order valence-corrected chi connectivity index (χ4v) is 2.62. The number of hydrogen-bond donors (Lipinski definition) is 3. The first-order valence-electron chi connectivity index (χ1n) is 8.38. The number of amides is 3. The molecule has 0 fully saturated rings. The predicted molar refractivity (Wildman–Crippen MR) is 113 cm³/mol. The zero-order valence-electron chi connectivity index (χ0n) is 14.8. The number of hydrogen-bond acceptors (Lipinski definition) is 3. The first-order chi connectivity index (χ1) is 13.5. The van der Waals surface area contributed by atoms with Crippen LogP contribution < -0.4 is 16.0 Å². The van der Waals surface area contributed by atoms with Crippen LogP contribution in [0.15, 0.2) is 79.4 Å². The molecule has 0 atom stereocenters. The molecular weight excluding hydrogens is 376 g/mol. The van der Waals surface area contributed by atoms with Crippen molar-refractivity contribution in [3.63, 3.8) is 0 Å². The van der Waals surface area contributed by atoms with Crippen LogP contribution in [0.1, 0.15) is 0 Å². The van der Waals surface area contributed by atoms with E-state index < -0.39 is 0 Å². The number of benzene rings is 2. The summed E-state index contributed by atoms with van der Waals surface area (Å²) < 4.78 is 0. The van der Waals surface area contributed by atoms with Crippen molar-refractivity contribution in [3.05, 3.63) is 84.4 Å². The first kappa shape index (κ1) is 19.1. The summed E-state index contributed by atoms with van der Waals surface area (Å²) in [4.78, 5) is 27.9. The van der Waals surface area contributed by atoms with Crippen LogP contribution in [0.5, 0.6) is 0 Å². The lowest BCUT2D eigenvalue weighted by molar-refractivity contribution is -0.111. The van der Waals surface area contributed by atoms with Gasteiger partial charge in [0.1, 0.15) is 5.82 Å². The summed E-state index contributed by atoms with van der Waals surface area (Å²) in [5.41, 5.74) is 2.76. The molecule has 0 radical (unpaired) electrons. The van der Waals surface area contributed by atoms with Gasteiger partial charge in [-0.2, -0.15) is 0 Å². The molecule has 1 aromatic heterocycles. The van der Waals surface area contributed by atoms with Crippen LogP contribution in [0.3, 0.4) is 0 Å². The highest BCUT2D eigenvalue weighted by atomic mass is 35.5. The fourth-order valence-electron chi connectivity index (χ4n) is 2.43. The normalized spacial score (nSPS) is 10.0. The van der Waals surface area contributed by atoms with Crippen molar-refractivity contribution in [2.45, 2.75) is 0 Å². The number of aromatic nitrogens is 1. The highest BCUT2D eigenvalue weighted by Crippen LogP contribution is 2.21. The quantitative estimate of drug-likeness (QED) is 0.524. The number of urea groups is 1. The van der Waals surface area contributed by atoms with Gasteiger partial charge in [0.2, 0.25) is 5.91 Å². The second kappa shape index (κ2) is 8.83. The van der Waals surface area contributed by atoms with E-state index in [0.717, 1.165) is 5.56 Å². The number of pyridine rings is 1. The van der Waals surface area contributed by atoms with Crippen LogP contribution in [0.2, 0.25) is 5.02 Å². The molecule has 6 nitrogen and oxygen atoms in total. The van der Waals surface area contributed by atoms with Gasteiger partial charge in [0.05, 0.1) is 5.69 Å². The number of anilines is 3. The van der Waals surface area contributed by atoms with Crippen molar-refractivity contribution in [3.8, 4) is 11.3 Å². The molecule has 3 N–H and O–H groups in total. The molecule has 3 aromatic rings. The van der Waals surface area contributed by atoms with Crippen LogP contribution in [0.25, 0.3) is 11.3 Å². The summed E-state index contributed by atoms with van der Waals surface area (Å²) >= 11 is 5.91. The second-order valence-electron chi connectivity index (χ2n) is 5.77. The molecule has 0 saturated carbocycles. The Morgan fingerprint density at radius 2 is 1.61 bits per heavy atom. The molecular formula is C21H17ClN4O2. The highest BCUT2D eigenvalue weighted by molar-refractivity contribution is 6.30. The van der Waals surface area contributed by atoms with Gasteiger partial charge >= 0.3 is 6.03 Å². The topological polar surface area (TPSA) is 83.1 Å². The molecule has 140 valence electrons. The molecule has 0 bridgehead atoms. The van der Waals surface area contributed by atoms with E-state index in [-0.39, 0.29) is 11.9 Å². The van der Waals surface area contributed by atoms with Gasteiger partial charge in [-0.15, -0.1) is 0 Å². The van der Waals surface area contributed by atoms with Gasteiger partial charge in [0, 0.05) is 22.0 Å². The molecule has 0 spiro atoms. The van der Waals surface area contributed by atoms with Crippen LogP contribution >= 0.6 is 11.6 Å². The molecule has 0 aliphatic heterocycles. The average molecular weight is 393 g/mol. The summed E-state index contributed by atoms with van der Waals surface area (Å²) in [6.07, 6.45) is 1.18. The Kier molecular flexibility index (Phi) is 6.04. The zero-order valence-corrected chi connectivity index (χ0v) is 15.5. The predicted octanol–water partition coefficient (Wildman–Crippen LogP) is 5.17. The number of nitrogens with zero attached hydrogens (tertiary/aromatic N) is 1. The van der Waals surface area contributed by atoms with Crippen LogP contribution in [-0.2, 0) is 4.79 Å². The summed E-state index contributed by atoms with van der Waals surface area (Å²) in [6.45, 7) is 3.42. The van der Waals surface area contributed by atoms with E-state index in [0.29, 0.717) is 27.9 Å². The van der Waals surface area contributed by atoms with Crippen LogP contribution in [0, 0.1) is 0 Å². The molecule has 2 aromatic carbocycles. The van der Waals surface area contributed by atoms with Crippen molar-refractivity contribution < 1.29 is 9.59 Å². The lowest BCUT2D eigenvalue weighted by atomic mass is 10.1. The molecule has 0 unspecified atom stereocenters. The highest BCUT2D eigenvalue weighted by Gasteiger charge is 2.06. The van der Waals surface area contributed by atoms with Crippen molar-refractivity contribution >= 4 is 40.7 Å². The first-order valence-corrected chi connectivity index (χ1v) is 8.76. The summed E-state index contributed by atoms with van der Waals surface area (Å²) in [7, 11) is 0. The van der Waals surface area contributed by atoms with Gasteiger partial charge in [-0.1, -0.05) is 42.4 Å². The molecule has 0 aliphatic carbocycles. The Hall–Kier alpha value is -3.64. The van der Waals surface area contributed by atoms with Gasteiger partial charge < -0.3 is 16.0 Å². The molecule has 28 heavy (non-hydrogen) atoms. The third-order valence-corrected chi connectivity index (χ3v) is 3.94. The molecule has 0 aliphatic rings. The molecule has 3 rings (SSSR count). The lowest BCUT2D eigenvalue weighted by Gasteiger charge is -2.09. The monoisotopic (exact) mass is 392 g/mol. The SMILES string of the molecule is C=CC(=O)Nc1cccc(-c2ccc(NC(=O)Nc3cccc(Cl)c3)cc2)n1. The Balaban J connectivity index is 1.66. The Labute approximate surface area is 167 Å². The number of halogens is 1. The van der Waals surface area contributed by atoms with E-state index in [1.807, 2.05) is 18.2 Å². The number of carbonyl (C=O) groups is 2. The van der Waals surface area contributed by atoms with E-state index in [2.05, 4.69) is 27.5 Å². The van der Waals surface area contributed by atoms with E-state index in [1.54, 1.807) is 48.5 Å². The van der Waals surface area contributed by atoms with Gasteiger partial charge in [-0.05, 0) is 48.5 Å². The van der Waals surface area contributed by atoms with Crippen molar-refractivity contribution in [1.82, 2.24) is 4.98 Å². The van der Waals surface area contributed by atoms with Gasteiger partial charge in [0.15, 0.2) is 0 Å². The minimum absolute atomic E-state index is 0.324. The van der Waals surface area contributed by atoms with Gasteiger partial charge in [-0.3, -0.25) is 4.79 Å². The van der Waals surface area contributed by atoms with E-state index in [4.69, 9.17) is 11.6 Å². The van der Waals surface area contributed by atoms with Crippen LogP contribution in [0.4, 0.5) is 22.0 Å². The second-order valence-corrected chi connectivity index (χ2v) is 6.20. The van der Waals surface area contributed by atoms with Crippen molar-refractivity contribution in [1.29, 1.82) is 0 Å². The Morgan fingerprint density at radius 1 is 0.893 bits per heavy atom. The number of nitrogens with one attached hydrogen (secondary N) is 3. The van der Waals surface area contributed by atoms with E-state index in [1.165, 1.54) is 6.08 Å². The number of carbonyl (C=O) groups excluding carboxylic acids is 2. The lowest BCUT2D eigenvalue weighted by Crippen LogP contribution is -2.19. The standard InChI is InChI=1S/C21H17ClN4O2/c1-2-20(27)26-19-8-4-7-18(25-19)14-9-11-16(12-10-14)23-21(28)24-17-6-3-5-15(22)13-17/h2-13H,1H2,(H2,23,24,28)(H,25,26,27). The van der Waals surface area contributed by atoms with Crippen LogP contribution in [-0.4, -0.2) is 16.9 Å². The molecule has 0 saturated heterocycles. The van der Waals surface area contributed by atoms with Gasteiger partial charge in [-0.25, -0.2) is 9.78 Å². The zero-order chi connectivity index (χ0) is 19.9. The Bertz CT molecular complexity index is 1020. The summed E-state index contributed by atoms with van der Waals surface area (Å²) in [5.74, 6) is 0.111. The average Bonchev–Trinajstić information content (AvgIpc) is 2.68. The maximum absolute atomic E-state index is 12.1. The van der Waals surface area contributed by atoms with Crippen molar-refractivity contribution in [2.75, 3.05) is 16.0 Å². The number of rotatable bonds is 5. The fraction of sp³-hybridized carbons (Fsp3) is 0.